The summed E-state index contributed by atoms with van der Waals surface area (Å²) in [5.41, 5.74) is 0. The van der Waals surface area contributed by atoms with Crippen LogP contribution in [0.1, 0.15) is 20.3 Å². The average Bonchev–Trinajstić information content (AvgIpc) is 1.84. The largest absolute Gasteiger partial charge is 0.392 e. The van der Waals surface area contributed by atoms with Crippen LogP contribution < -0.4 is 0 Å². The molecule has 2 nitrogen and oxygen atoms in total. The smallest absolute Gasteiger partial charge is 0.148 e. The van der Waals surface area contributed by atoms with E-state index in [0.717, 1.165) is 0 Å². The van der Waals surface area contributed by atoms with Crippen molar-refractivity contribution in [3.05, 3.63) is 0 Å². The molecule has 0 saturated heterocycles. The van der Waals surface area contributed by atoms with E-state index in [4.69, 9.17) is 5.11 Å². The average molecular weight is 195 g/mol. The second-order valence-corrected chi connectivity index (χ2v) is 2.95. The molecule has 0 aromatic rings. The molecule has 0 fully saturated rings. The molecular formula is C6H11BrO2. The Labute approximate surface area is 63.4 Å². The molecule has 9 heavy (non-hydrogen) atoms. The molecule has 0 radical (unpaired) electrons. The van der Waals surface area contributed by atoms with E-state index < -0.39 is 6.10 Å². The number of ketones is 1. The lowest BCUT2D eigenvalue weighted by atomic mass is 10.2. The fourth-order valence-corrected chi connectivity index (χ4v) is 0.788. The maximum absolute atomic E-state index is 10.7. The van der Waals surface area contributed by atoms with Gasteiger partial charge in [0.05, 0.1) is 10.9 Å². The Morgan fingerprint density at radius 3 is 2.33 bits per heavy atom. The van der Waals surface area contributed by atoms with Crippen molar-refractivity contribution in [3.63, 3.8) is 0 Å². The standard InChI is InChI=1S/C6H11BrO2/c1-3-5(9)6(7)4(2)8/h4,6,8H,3H2,1-2H3/t4-,6-/m1/s1. The lowest BCUT2D eigenvalue weighted by molar-refractivity contribution is -0.119. The van der Waals surface area contributed by atoms with Gasteiger partial charge in [0.1, 0.15) is 5.78 Å². The summed E-state index contributed by atoms with van der Waals surface area (Å²) in [5.74, 6) is 0.0463. The van der Waals surface area contributed by atoms with Crippen LogP contribution in [0.25, 0.3) is 0 Å². The highest BCUT2D eigenvalue weighted by Gasteiger charge is 2.17. The topological polar surface area (TPSA) is 37.3 Å². The van der Waals surface area contributed by atoms with Gasteiger partial charge in [-0.2, -0.15) is 0 Å². The third-order valence-corrected chi connectivity index (χ3v) is 2.36. The van der Waals surface area contributed by atoms with E-state index >= 15 is 0 Å². The van der Waals surface area contributed by atoms with Gasteiger partial charge < -0.3 is 5.11 Å². The van der Waals surface area contributed by atoms with Gasteiger partial charge in [0.15, 0.2) is 0 Å². The zero-order valence-electron chi connectivity index (χ0n) is 5.60. The molecule has 0 unspecified atom stereocenters. The fourth-order valence-electron chi connectivity index (χ4n) is 0.464. The number of aliphatic hydroxyl groups is 1. The molecular weight excluding hydrogens is 184 g/mol. The van der Waals surface area contributed by atoms with E-state index in [1.165, 1.54) is 0 Å². The van der Waals surface area contributed by atoms with Crippen LogP contribution in [-0.4, -0.2) is 21.8 Å². The van der Waals surface area contributed by atoms with Crippen molar-refractivity contribution in [3.8, 4) is 0 Å². The minimum Gasteiger partial charge on any atom is -0.392 e. The van der Waals surface area contributed by atoms with Crippen molar-refractivity contribution in [1.82, 2.24) is 0 Å². The summed E-state index contributed by atoms with van der Waals surface area (Å²) in [7, 11) is 0. The Morgan fingerprint density at radius 2 is 2.22 bits per heavy atom. The normalized spacial score (nSPS) is 16.9. The zero-order valence-corrected chi connectivity index (χ0v) is 7.18. The molecule has 2 atom stereocenters. The van der Waals surface area contributed by atoms with E-state index in [0.29, 0.717) is 6.42 Å². The minimum atomic E-state index is -0.586. The van der Waals surface area contributed by atoms with Crippen LogP contribution in [0.5, 0.6) is 0 Å². The number of aliphatic hydroxyl groups excluding tert-OH is 1. The maximum atomic E-state index is 10.7. The van der Waals surface area contributed by atoms with Gasteiger partial charge in [-0.15, -0.1) is 0 Å². The number of carbonyl (C=O) groups excluding carboxylic acids is 1. The lowest BCUT2D eigenvalue weighted by Crippen LogP contribution is -2.25. The van der Waals surface area contributed by atoms with Gasteiger partial charge in [0, 0.05) is 6.42 Å². The van der Waals surface area contributed by atoms with Crippen molar-refractivity contribution in [1.29, 1.82) is 0 Å². The summed E-state index contributed by atoms with van der Waals surface area (Å²) >= 11 is 3.07. The van der Waals surface area contributed by atoms with E-state index in [1.54, 1.807) is 13.8 Å². The van der Waals surface area contributed by atoms with Crippen LogP contribution >= 0.6 is 15.9 Å². The third kappa shape index (κ3) is 2.96. The number of rotatable bonds is 3. The van der Waals surface area contributed by atoms with Crippen molar-refractivity contribution >= 4 is 21.7 Å². The first-order valence-corrected chi connectivity index (χ1v) is 3.86. The molecule has 54 valence electrons. The molecule has 0 aromatic heterocycles. The highest BCUT2D eigenvalue weighted by atomic mass is 79.9. The molecule has 0 rings (SSSR count). The quantitative estimate of drug-likeness (QED) is 0.685. The summed E-state index contributed by atoms with van der Waals surface area (Å²) in [5, 5.41) is 8.85. The van der Waals surface area contributed by atoms with Crippen molar-refractivity contribution in [2.24, 2.45) is 0 Å². The molecule has 0 bridgehead atoms. The fraction of sp³-hybridized carbons (Fsp3) is 0.833. The second kappa shape index (κ2) is 4.01. The van der Waals surface area contributed by atoms with Gasteiger partial charge in [-0.25, -0.2) is 0 Å². The first kappa shape index (κ1) is 9.11. The Morgan fingerprint density at radius 1 is 1.78 bits per heavy atom. The molecule has 0 aromatic carbocycles. The highest BCUT2D eigenvalue weighted by Crippen LogP contribution is 2.07. The van der Waals surface area contributed by atoms with E-state index in [1.807, 2.05) is 0 Å². The number of hydrogen-bond donors (Lipinski definition) is 1. The van der Waals surface area contributed by atoms with E-state index in [-0.39, 0.29) is 10.6 Å². The van der Waals surface area contributed by atoms with Gasteiger partial charge in [0.25, 0.3) is 0 Å². The van der Waals surface area contributed by atoms with Crippen LogP contribution in [0.2, 0.25) is 0 Å². The zero-order chi connectivity index (χ0) is 7.44. The Hall–Kier alpha value is 0.110. The van der Waals surface area contributed by atoms with Crippen LogP contribution in [0.4, 0.5) is 0 Å². The minimum absolute atomic E-state index is 0.0463. The lowest BCUT2D eigenvalue weighted by Gasteiger charge is -2.08. The number of alkyl halides is 1. The summed E-state index contributed by atoms with van der Waals surface area (Å²) < 4.78 is 0. The van der Waals surface area contributed by atoms with Gasteiger partial charge in [0.2, 0.25) is 0 Å². The second-order valence-electron chi connectivity index (χ2n) is 1.96. The Balaban J connectivity index is 3.72. The van der Waals surface area contributed by atoms with Crippen LogP contribution in [0, 0.1) is 0 Å². The summed E-state index contributed by atoms with van der Waals surface area (Å²) in [6, 6.07) is 0. The summed E-state index contributed by atoms with van der Waals surface area (Å²) in [4.78, 5) is 10.4. The molecule has 0 saturated carbocycles. The molecule has 0 aliphatic rings. The highest BCUT2D eigenvalue weighted by molar-refractivity contribution is 9.10. The van der Waals surface area contributed by atoms with Crippen LogP contribution in [0.3, 0.4) is 0 Å². The molecule has 0 spiro atoms. The summed E-state index contributed by atoms with van der Waals surface area (Å²) in [6.45, 7) is 3.37. The molecule has 0 aliphatic heterocycles. The van der Waals surface area contributed by atoms with Crippen molar-refractivity contribution < 1.29 is 9.90 Å². The summed E-state index contributed by atoms with van der Waals surface area (Å²) in [6.07, 6.45) is -0.113. The van der Waals surface area contributed by atoms with Crippen molar-refractivity contribution in [2.75, 3.05) is 0 Å². The molecule has 0 amide bonds. The van der Waals surface area contributed by atoms with E-state index in [9.17, 15) is 4.79 Å². The van der Waals surface area contributed by atoms with E-state index in [2.05, 4.69) is 15.9 Å². The van der Waals surface area contributed by atoms with Crippen LogP contribution in [0.15, 0.2) is 0 Å². The van der Waals surface area contributed by atoms with Gasteiger partial charge in [-0.1, -0.05) is 22.9 Å². The van der Waals surface area contributed by atoms with Crippen LogP contribution in [-0.2, 0) is 4.79 Å². The first-order valence-electron chi connectivity index (χ1n) is 2.94. The van der Waals surface area contributed by atoms with Gasteiger partial charge in [-0.3, -0.25) is 4.79 Å². The van der Waals surface area contributed by atoms with Gasteiger partial charge >= 0.3 is 0 Å². The molecule has 3 heteroatoms. The van der Waals surface area contributed by atoms with Gasteiger partial charge in [-0.05, 0) is 6.92 Å². The maximum Gasteiger partial charge on any atom is 0.148 e. The Bertz CT molecular complexity index is 101. The third-order valence-electron chi connectivity index (χ3n) is 1.08. The number of hydrogen-bond acceptors (Lipinski definition) is 2. The predicted molar refractivity (Wildman–Crippen MR) is 39.7 cm³/mol. The number of halogens is 1. The molecule has 1 N–H and O–H groups in total. The SMILES string of the molecule is CCC(=O)[C@H](Br)[C@@H](C)O. The predicted octanol–water partition coefficient (Wildman–Crippen LogP) is 1.11. The number of carbonyl (C=O) groups is 1. The number of Topliss-reactive ketones (excluding diaryl/α,β-unsaturated/α-hetero) is 1. The Kier molecular flexibility index (Phi) is 4.06. The molecule has 0 aliphatic carbocycles. The molecule has 0 heterocycles. The van der Waals surface area contributed by atoms with Crippen molar-refractivity contribution in [2.45, 2.75) is 31.2 Å². The first-order chi connectivity index (χ1) is 4.09. The monoisotopic (exact) mass is 194 g/mol.